The monoisotopic (exact) mass is 592 g/mol. The van der Waals surface area contributed by atoms with Crippen LogP contribution < -0.4 is 20.1 Å². The highest BCUT2D eigenvalue weighted by Gasteiger charge is 2.56. The Morgan fingerprint density at radius 1 is 1.23 bits per heavy atom. The van der Waals surface area contributed by atoms with Crippen molar-refractivity contribution in [3.8, 4) is 17.6 Å². The van der Waals surface area contributed by atoms with Crippen molar-refractivity contribution < 1.29 is 23.8 Å². The molecule has 1 saturated carbocycles. The standard InChI is InChI=1S/C32H44N6O5/c1-4-27(39)38-17-16-37(19-22(38)11-14-33)30-25-10-13-32(12-9-21-18-24(41-3)7-8-26(21)43-32)29(40)28(25)34-31(35-30)42-20-23-6-5-15-36(23)2/h4,7-8,18,22-23,25,28,30-31,34-35H,1,5-6,9-13,15-17,19-20H2,2-3H3/t22?,23?,25?,28?,30?,31?,32-/m1/s1. The maximum atomic E-state index is 14.5. The lowest BCUT2D eigenvalue weighted by atomic mass is 9.69. The van der Waals surface area contributed by atoms with E-state index in [9.17, 15) is 14.9 Å². The number of ether oxygens (including phenoxy) is 3. The number of Topliss-reactive ketones (excluding diaryl/α,β-unsaturated/α-hetero) is 1. The number of piperazine rings is 1. The Bertz CT molecular complexity index is 1270. The van der Waals surface area contributed by atoms with Gasteiger partial charge < -0.3 is 24.0 Å². The number of nitrogens with one attached hydrogen (secondary N) is 2. The van der Waals surface area contributed by atoms with Gasteiger partial charge in [0.25, 0.3) is 0 Å². The molecule has 0 radical (unpaired) electrons. The highest BCUT2D eigenvalue weighted by molar-refractivity contribution is 5.94. The molecule has 6 unspecified atom stereocenters. The summed E-state index contributed by atoms with van der Waals surface area (Å²) in [6.45, 7) is 6.95. The number of amides is 1. The second-order valence-corrected chi connectivity index (χ2v) is 12.6. The normalized spacial score (nSPS) is 34.6. The van der Waals surface area contributed by atoms with Crippen LogP contribution in [0.2, 0.25) is 0 Å². The fourth-order valence-electron chi connectivity index (χ4n) is 7.81. The first kappa shape index (κ1) is 30.0. The third kappa shape index (κ3) is 5.79. The predicted octanol–water partition coefficient (Wildman–Crippen LogP) is 1.63. The average Bonchev–Trinajstić information content (AvgIpc) is 3.45. The number of nitrogens with zero attached hydrogens (tertiary/aromatic N) is 4. The zero-order valence-electron chi connectivity index (χ0n) is 25.3. The molecule has 1 aromatic rings. The molecule has 1 amide bonds. The Kier molecular flexibility index (Phi) is 8.76. The Hall–Kier alpha value is -3.01. The summed E-state index contributed by atoms with van der Waals surface area (Å²) in [5.74, 6) is 1.45. The molecule has 3 saturated heterocycles. The lowest BCUT2D eigenvalue weighted by Crippen LogP contribution is -2.76. The van der Waals surface area contributed by atoms with Crippen LogP contribution in [0.3, 0.4) is 0 Å². The van der Waals surface area contributed by atoms with E-state index in [0.29, 0.717) is 45.1 Å². The molecular formula is C32H44N6O5. The van der Waals surface area contributed by atoms with Crippen LogP contribution in [0, 0.1) is 17.2 Å². The van der Waals surface area contributed by atoms with Crippen molar-refractivity contribution in [1.82, 2.24) is 25.3 Å². The van der Waals surface area contributed by atoms with Gasteiger partial charge in [0.05, 0.1) is 44.5 Å². The van der Waals surface area contributed by atoms with Crippen molar-refractivity contribution in [2.45, 2.75) is 81.2 Å². The number of fused-ring (bicyclic) bond motifs is 2. The minimum atomic E-state index is -0.883. The SMILES string of the molecule is C=CC(=O)N1CCN(C2NC(OCC3CCCN3C)NC3C(=O)[C@@]4(CCc5cc(OC)ccc5O4)CCC32)CC1CC#N. The number of hydrogen-bond donors (Lipinski definition) is 2. The van der Waals surface area contributed by atoms with E-state index in [1.165, 1.54) is 6.08 Å². The fraction of sp³-hybridized carbons (Fsp3) is 0.656. The first-order valence-corrected chi connectivity index (χ1v) is 15.6. The smallest absolute Gasteiger partial charge is 0.246 e. The second kappa shape index (κ2) is 12.5. The maximum absolute atomic E-state index is 14.5. The van der Waals surface area contributed by atoms with Crippen LogP contribution >= 0.6 is 0 Å². The van der Waals surface area contributed by atoms with Gasteiger partial charge in [-0.05, 0) is 82.0 Å². The van der Waals surface area contributed by atoms with Gasteiger partial charge in [-0.1, -0.05) is 6.58 Å². The fourth-order valence-corrected chi connectivity index (χ4v) is 7.81. The van der Waals surface area contributed by atoms with Crippen molar-refractivity contribution >= 4 is 11.7 Å². The highest BCUT2D eigenvalue weighted by Crippen LogP contribution is 2.44. The Labute approximate surface area is 254 Å². The van der Waals surface area contributed by atoms with Gasteiger partial charge in [-0.25, -0.2) is 0 Å². The number of nitriles is 1. The van der Waals surface area contributed by atoms with Crippen LogP contribution in [0.4, 0.5) is 0 Å². The van der Waals surface area contributed by atoms with Gasteiger partial charge in [0.15, 0.2) is 17.7 Å². The van der Waals surface area contributed by atoms with E-state index in [0.717, 1.165) is 49.3 Å². The molecule has 1 aliphatic carbocycles. The van der Waals surface area contributed by atoms with Crippen LogP contribution in [0.5, 0.6) is 11.5 Å². The third-order valence-corrected chi connectivity index (χ3v) is 10.3. The van der Waals surface area contributed by atoms with Gasteiger partial charge in [0.2, 0.25) is 5.91 Å². The minimum Gasteiger partial charge on any atom is -0.497 e. The number of likely N-dealkylation sites (N-methyl/N-ethyl adjacent to an activating group) is 1. The second-order valence-electron chi connectivity index (χ2n) is 12.6. The van der Waals surface area contributed by atoms with Crippen molar-refractivity contribution in [3.05, 3.63) is 36.4 Å². The lowest BCUT2D eigenvalue weighted by molar-refractivity contribution is -0.160. The molecule has 5 aliphatic rings. The topological polar surface area (TPSA) is 119 Å². The molecular weight excluding hydrogens is 548 g/mol. The van der Waals surface area contributed by atoms with Gasteiger partial charge in [-0.3, -0.25) is 25.1 Å². The number of carbonyl (C=O) groups is 2. The number of methoxy groups -OCH3 is 1. The molecule has 11 heteroatoms. The van der Waals surface area contributed by atoms with Crippen LogP contribution in [-0.2, 0) is 20.7 Å². The minimum absolute atomic E-state index is 0.0163. The number of ketones is 1. The Morgan fingerprint density at radius 3 is 2.84 bits per heavy atom. The van der Waals surface area contributed by atoms with E-state index >= 15 is 0 Å². The van der Waals surface area contributed by atoms with Crippen LogP contribution in [0.15, 0.2) is 30.9 Å². The number of carbonyl (C=O) groups excluding carboxylic acids is 2. The molecule has 11 nitrogen and oxygen atoms in total. The molecule has 0 aromatic heterocycles. The first-order valence-electron chi connectivity index (χ1n) is 15.6. The van der Waals surface area contributed by atoms with Crippen LogP contribution in [0.1, 0.15) is 44.1 Å². The van der Waals surface area contributed by atoms with Crippen molar-refractivity contribution in [3.63, 3.8) is 0 Å². The summed E-state index contributed by atoms with van der Waals surface area (Å²) in [7, 11) is 3.78. The van der Waals surface area contributed by atoms with E-state index in [1.54, 1.807) is 12.0 Å². The molecule has 4 heterocycles. The van der Waals surface area contributed by atoms with Crippen molar-refractivity contribution in [2.75, 3.05) is 46.9 Å². The summed E-state index contributed by atoms with van der Waals surface area (Å²) in [4.78, 5) is 33.4. The Balaban J connectivity index is 1.24. The zero-order valence-corrected chi connectivity index (χ0v) is 25.3. The summed E-state index contributed by atoms with van der Waals surface area (Å²) < 4.78 is 18.4. The maximum Gasteiger partial charge on any atom is 0.246 e. The molecule has 0 bridgehead atoms. The summed E-state index contributed by atoms with van der Waals surface area (Å²) in [6, 6.07) is 7.69. The average molecular weight is 593 g/mol. The first-order chi connectivity index (χ1) is 20.9. The Morgan fingerprint density at radius 2 is 2.09 bits per heavy atom. The van der Waals surface area contributed by atoms with Gasteiger partial charge in [0, 0.05) is 31.6 Å². The molecule has 4 fully saturated rings. The summed E-state index contributed by atoms with van der Waals surface area (Å²) in [6.07, 6.45) is 5.94. The number of hydrogen-bond acceptors (Lipinski definition) is 10. The van der Waals surface area contributed by atoms with Gasteiger partial charge in [-0.15, -0.1) is 0 Å². The summed E-state index contributed by atoms with van der Waals surface area (Å²) in [5.41, 5.74) is 0.181. The number of benzene rings is 1. The van der Waals surface area contributed by atoms with Crippen LogP contribution in [-0.4, -0.2) is 110 Å². The molecule has 232 valence electrons. The van der Waals surface area contributed by atoms with Gasteiger partial charge >= 0.3 is 0 Å². The molecule has 7 atom stereocenters. The number of rotatable bonds is 7. The molecule has 2 N–H and O–H groups in total. The largest absolute Gasteiger partial charge is 0.497 e. The van der Waals surface area contributed by atoms with E-state index in [2.05, 4.69) is 40.1 Å². The van der Waals surface area contributed by atoms with E-state index < -0.39 is 18.0 Å². The number of aryl methyl sites for hydroxylation is 1. The van der Waals surface area contributed by atoms with E-state index in [4.69, 9.17) is 14.2 Å². The molecule has 1 aromatic carbocycles. The lowest BCUT2D eigenvalue weighted by Gasteiger charge is -2.54. The van der Waals surface area contributed by atoms with Gasteiger partial charge in [-0.2, -0.15) is 5.26 Å². The van der Waals surface area contributed by atoms with E-state index in [-0.39, 0.29) is 36.2 Å². The van der Waals surface area contributed by atoms with Gasteiger partial charge in [0.1, 0.15) is 11.5 Å². The van der Waals surface area contributed by atoms with E-state index in [1.807, 2.05) is 18.2 Å². The quantitative estimate of drug-likeness (QED) is 0.452. The van der Waals surface area contributed by atoms with Crippen molar-refractivity contribution in [1.29, 1.82) is 5.26 Å². The summed E-state index contributed by atoms with van der Waals surface area (Å²) in [5, 5.41) is 16.8. The van der Waals surface area contributed by atoms with Crippen molar-refractivity contribution in [2.24, 2.45) is 5.92 Å². The molecule has 1 spiro atoms. The predicted molar refractivity (Wildman–Crippen MR) is 159 cm³/mol. The molecule has 6 rings (SSSR count). The zero-order chi connectivity index (χ0) is 30.1. The number of likely N-dealkylation sites (tertiary alicyclic amines) is 1. The third-order valence-electron chi connectivity index (χ3n) is 10.3. The summed E-state index contributed by atoms with van der Waals surface area (Å²) >= 11 is 0. The molecule has 43 heavy (non-hydrogen) atoms. The highest BCUT2D eigenvalue weighted by atomic mass is 16.5. The van der Waals surface area contributed by atoms with Crippen LogP contribution in [0.25, 0.3) is 0 Å². The molecule has 4 aliphatic heterocycles.